The number of nitrogen functional groups attached to an aromatic ring is 1. The van der Waals surface area contributed by atoms with Gasteiger partial charge in [-0.1, -0.05) is 36.4 Å². The fraction of sp³-hybridized carbons (Fsp3) is 0.0870. The Balaban J connectivity index is 1.54. The quantitative estimate of drug-likeness (QED) is 0.279. The van der Waals surface area contributed by atoms with Crippen LogP contribution in [-0.2, 0) is 11.3 Å². The number of para-hydroxylation sites is 2. The van der Waals surface area contributed by atoms with E-state index in [4.69, 9.17) is 5.73 Å². The molecule has 29 heavy (non-hydrogen) atoms. The maximum Gasteiger partial charge on any atom is 0.248 e. The summed E-state index contributed by atoms with van der Waals surface area (Å²) in [6, 6.07) is 20.0. The first-order valence-electron chi connectivity index (χ1n) is 9.05. The minimum atomic E-state index is -0.246. The molecule has 0 saturated heterocycles. The number of hydrogen-bond donors (Lipinski definition) is 3. The zero-order valence-electron chi connectivity index (χ0n) is 16.0. The molecule has 3 aromatic rings. The number of nitrogens with one attached hydrogen (secondary N) is 2. The highest BCUT2D eigenvalue weighted by molar-refractivity contribution is 7.98. The molecule has 0 aliphatic rings. The van der Waals surface area contributed by atoms with E-state index in [-0.39, 0.29) is 11.7 Å². The highest BCUT2D eigenvalue weighted by Crippen LogP contribution is 2.22. The average molecular weight is 408 g/mol. The van der Waals surface area contributed by atoms with Crippen molar-refractivity contribution < 1.29 is 9.18 Å². The molecule has 0 spiro atoms. The highest BCUT2D eigenvalue weighted by Gasteiger charge is 2.03. The van der Waals surface area contributed by atoms with Gasteiger partial charge in [0.15, 0.2) is 0 Å². The van der Waals surface area contributed by atoms with Crippen LogP contribution in [0.25, 0.3) is 6.08 Å². The molecule has 1 amide bonds. The average Bonchev–Trinajstić information content (AvgIpc) is 2.73. The minimum Gasteiger partial charge on any atom is -0.397 e. The number of amides is 1. The largest absolute Gasteiger partial charge is 0.397 e. The third-order valence-corrected chi connectivity index (χ3v) is 5.04. The fourth-order valence-corrected chi connectivity index (χ4v) is 3.14. The summed E-state index contributed by atoms with van der Waals surface area (Å²) in [5.41, 5.74) is 9.62. The minimum absolute atomic E-state index is 0.224. The predicted octanol–water partition coefficient (Wildman–Crippen LogP) is 5.39. The zero-order valence-corrected chi connectivity index (χ0v) is 16.8. The van der Waals surface area contributed by atoms with Gasteiger partial charge in [-0.05, 0) is 53.8 Å². The van der Waals surface area contributed by atoms with Crippen molar-refractivity contribution in [1.29, 1.82) is 0 Å². The van der Waals surface area contributed by atoms with E-state index in [1.807, 2.05) is 48.7 Å². The normalized spacial score (nSPS) is 10.8. The molecular weight excluding hydrogens is 385 g/mol. The molecule has 0 unspecified atom stereocenters. The van der Waals surface area contributed by atoms with Crippen LogP contribution < -0.4 is 16.4 Å². The lowest BCUT2D eigenvalue weighted by atomic mass is 10.1. The summed E-state index contributed by atoms with van der Waals surface area (Å²) in [5, 5.41) is 5.96. The second kappa shape index (κ2) is 9.80. The predicted molar refractivity (Wildman–Crippen MR) is 120 cm³/mol. The van der Waals surface area contributed by atoms with E-state index >= 15 is 0 Å². The molecule has 0 saturated carbocycles. The van der Waals surface area contributed by atoms with E-state index in [1.54, 1.807) is 24.3 Å². The molecule has 0 aromatic heterocycles. The Morgan fingerprint density at radius 2 is 1.86 bits per heavy atom. The number of hydrogen-bond acceptors (Lipinski definition) is 4. The topological polar surface area (TPSA) is 67.2 Å². The summed E-state index contributed by atoms with van der Waals surface area (Å²) in [6.45, 7) is 0.579. The zero-order chi connectivity index (χ0) is 20.6. The molecule has 0 aliphatic heterocycles. The van der Waals surface area contributed by atoms with Gasteiger partial charge in [-0.3, -0.25) is 4.79 Å². The number of carbonyl (C=O) groups excluding carboxylic acids is 1. The molecule has 0 radical (unpaired) electrons. The summed E-state index contributed by atoms with van der Waals surface area (Å²) in [4.78, 5) is 12.7. The van der Waals surface area contributed by atoms with Crippen molar-refractivity contribution in [3.63, 3.8) is 0 Å². The molecule has 6 heteroatoms. The van der Waals surface area contributed by atoms with Crippen LogP contribution in [0.4, 0.5) is 21.5 Å². The van der Waals surface area contributed by atoms with Gasteiger partial charge in [-0.25, -0.2) is 4.39 Å². The lowest BCUT2D eigenvalue weighted by Gasteiger charge is -2.08. The van der Waals surface area contributed by atoms with Gasteiger partial charge in [0.25, 0.3) is 0 Å². The van der Waals surface area contributed by atoms with Crippen LogP contribution >= 0.6 is 11.8 Å². The van der Waals surface area contributed by atoms with Crippen LogP contribution in [0.15, 0.2) is 77.7 Å². The maximum absolute atomic E-state index is 13.8. The van der Waals surface area contributed by atoms with Crippen molar-refractivity contribution in [3.8, 4) is 0 Å². The van der Waals surface area contributed by atoms with Gasteiger partial charge in [0.2, 0.25) is 5.91 Å². The maximum atomic E-state index is 13.8. The first-order valence-corrected chi connectivity index (χ1v) is 10.3. The lowest BCUT2D eigenvalue weighted by Crippen LogP contribution is -2.09. The van der Waals surface area contributed by atoms with Crippen LogP contribution in [0.5, 0.6) is 0 Å². The number of nitrogens with two attached hydrogens (primary N) is 1. The van der Waals surface area contributed by atoms with E-state index in [1.165, 1.54) is 23.9 Å². The van der Waals surface area contributed by atoms with Gasteiger partial charge in [-0.15, -0.1) is 11.8 Å². The third kappa shape index (κ3) is 5.86. The first kappa shape index (κ1) is 20.5. The van der Waals surface area contributed by atoms with Gasteiger partial charge >= 0.3 is 0 Å². The lowest BCUT2D eigenvalue weighted by molar-refractivity contribution is -0.111. The van der Waals surface area contributed by atoms with E-state index in [0.29, 0.717) is 22.8 Å². The van der Waals surface area contributed by atoms with Crippen molar-refractivity contribution >= 4 is 40.8 Å². The van der Waals surface area contributed by atoms with Gasteiger partial charge in [0, 0.05) is 23.2 Å². The molecule has 3 rings (SSSR count). The molecule has 4 N–H and O–H groups in total. The molecule has 0 bridgehead atoms. The summed E-state index contributed by atoms with van der Waals surface area (Å²) in [6.07, 6.45) is 5.06. The molecule has 4 nitrogen and oxygen atoms in total. The van der Waals surface area contributed by atoms with Crippen molar-refractivity contribution in [1.82, 2.24) is 0 Å². The van der Waals surface area contributed by atoms with E-state index < -0.39 is 0 Å². The molecule has 3 aromatic carbocycles. The molecule has 148 valence electrons. The monoisotopic (exact) mass is 407 g/mol. The van der Waals surface area contributed by atoms with Crippen LogP contribution in [0.2, 0.25) is 0 Å². The number of benzene rings is 3. The summed E-state index contributed by atoms with van der Waals surface area (Å²) >= 11 is 1.38. The van der Waals surface area contributed by atoms with Crippen molar-refractivity contribution in [2.24, 2.45) is 0 Å². The summed E-state index contributed by atoms with van der Waals surface area (Å²) in [7, 11) is 0. The summed E-state index contributed by atoms with van der Waals surface area (Å²) < 4.78 is 13.8. The number of thioether (sulfide) groups is 1. The van der Waals surface area contributed by atoms with E-state index in [9.17, 15) is 9.18 Å². The number of carbonyl (C=O) groups is 1. The Hall–Kier alpha value is -3.25. The number of rotatable bonds is 7. The Bertz CT molecular complexity index is 1020. The van der Waals surface area contributed by atoms with E-state index in [2.05, 4.69) is 10.6 Å². The van der Waals surface area contributed by atoms with Crippen molar-refractivity contribution in [3.05, 3.63) is 89.8 Å². The van der Waals surface area contributed by atoms with E-state index in [0.717, 1.165) is 16.8 Å². The van der Waals surface area contributed by atoms with Crippen LogP contribution in [0, 0.1) is 5.82 Å². The highest BCUT2D eigenvalue weighted by atomic mass is 32.2. The van der Waals surface area contributed by atoms with Gasteiger partial charge in [0.05, 0.1) is 11.4 Å². The molecular formula is C23H22FN3OS. The Kier molecular flexibility index (Phi) is 6.92. The Morgan fingerprint density at radius 3 is 2.55 bits per heavy atom. The molecule has 0 fully saturated rings. The fourth-order valence-electron chi connectivity index (χ4n) is 2.68. The molecule has 0 atom stereocenters. The number of anilines is 3. The van der Waals surface area contributed by atoms with Crippen molar-refractivity contribution in [2.75, 3.05) is 22.6 Å². The van der Waals surface area contributed by atoms with Crippen molar-refractivity contribution in [2.45, 2.75) is 11.4 Å². The second-order valence-corrected chi connectivity index (χ2v) is 7.20. The second-order valence-electron chi connectivity index (χ2n) is 6.35. The Labute approximate surface area is 174 Å². The third-order valence-electron chi connectivity index (χ3n) is 4.27. The van der Waals surface area contributed by atoms with Crippen LogP contribution in [0.1, 0.15) is 11.1 Å². The SMILES string of the molecule is CSc1ccc(NCc2ccc(/C=C/C(=O)Nc3ccccc3N)cc2)cc1F. The standard InChI is InChI=1S/C23H22FN3OS/c1-29-22-12-11-18(14-19(22)24)26-15-17-8-6-16(7-9-17)10-13-23(28)27-21-5-3-2-4-20(21)25/h2-14,26H,15,25H2,1H3,(H,27,28)/b13-10+. The summed E-state index contributed by atoms with van der Waals surface area (Å²) in [5.74, 6) is -0.470. The van der Waals surface area contributed by atoms with Gasteiger partial charge < -0.3 is 16.4 Å². The van der Waals surface area contributed by atoms with Gasteiger partial charge in [-0.2, -0.15) is 0 Å². The van der Waals surface area contributed by atoms with Gasteiger partial charge in [0.1, 0.15) is 5.82 Å². The molecule has 0 aliphatic carbocycles. The Morgan fingerprint density at radius 1 is 1.10 bits per heavy atom. The first-order chi connectivity index (χ1) is 14.0. The molecule has 0 heterocycles. The number of halogens is 1. The van der Waals surface area contributed by atoms with Crippen LogP contribution in [-0.4, -0.2) is 12.2 Å². The smallest absolute Gasteiger partial charge is 0.248 e. The van der Waals surface area contributed by atoms with Crippen LogP contribution in [0.3, 0.4) is 0 Å².